The quantitative estimate of drug-likeness (QED) is 0.896. The number of carbonyl (C=O) groups excluding carboxylic acids is 1. The van der Waals surface area contributed by atoms with Gasteiger partial charge in [0, 0.05) is 25.6 Å². The second kappa shape index (κ2) is 7.45. The molecule has 0 saturated carbocycles. The summed E-state index contributed by atoms with van der Waals surface area (Å²) in [5, 5.41) is 3.01. The van der Waals surface area contributed by atoms with E-state index < -0.39 is 10.0 Å². The molecule has 1 aromatic carbocycles. The van der Waals surface area contributed by atoms with Gasteiger partial charge < -0.3 is 5.32 Å². The summed E-state index contributed by atoms with van der Waals surface area (Å²) in [5.74, 6) is 0.386. The molecule has 1 amide bonds. The second-order valence-corrected chi connectivity index (χ2v) is 8.60. The zero-order chi connectivity index (χ0) is 17.0. The van der Waals surface area contributed by atoms with Crippen LogP contribution in [0.5, 0.6) is 0 Å². The van der Waals surface area contributed by atoms with Crippen molar-refractivity contribution in [3.63, 3.8) is 0 Å². The smallest absolute Gasteiger partial charge is 0.243 e. The third-order valence-electron chi connectivity index (χ3n) is 4.04. The van der Waals surface area contributed by atoms with E-state index in [4.69, 9.17) is 0 Å². The van der Waals surface area contributed by atoms with Gasteiger partial charge in [0.1, 0.15) is 0 Å². The van der Waals surface area contributed by atoms with Gasteiger partial charge in [-0.3, -0.25) is 4.79 Å². The zero-order valence-electron chi connectivity index (χ0n) is 14.1. The van der Waals surface area contributed by atoms with Crippen LogP contribution in [0.3, 0.4) is 0 Å². The predicted octanol–water partition coefficient (Wildman–Crippen LogP) is 2.31. The predicted molar refractivity (Wildman–Crippen MR) is 90.6 cm³/mol. The highest BCUT2D eigenvalue weighted by atomic mass is 32.2. The standard InChI is InChI=1S/C17H26N2O3S/c1-13(2)11-17(20)18-15-7-9-19(10-8-15)23(21,22)16-6-4-5-14(3)12-16/h4-6,12-13,15H,7-11H2,1-3H3,(H,18,20). The first-order valence-electron chi connectivity index (χ1n) is 8.15. The average molecular weight is 338 g/mol. The molecule has 1 aliphatic rings. The van der Waals surface area contributed by atoms with Crippen LogP contribution in [0.1, 0.15) is 38.7 Å². The molecule has 1 N–H and O–H groups in total. The lowest BCUT2D eigenvalue weighted by Crippen LogP contribution is -2.46. The van der Waals surface area contributed by atoms with Gasteiger partial charge in [-0.2, -0.15) is 4.31 Å². The number of aryl methyl sites for hydroxylation is 1. The molecule has 23 heavy (non-hydrogen) atoms. The molecule has 5 nitrogen and oxygen atoms in total. The number of hydrogen-bond donors (Lipinski definition) is 1. The monoisotopic (exact) mass is 338 g/mol. The third-order valence-corrected chi connectivity index (χ3v) is 5.93. The van der Waals surface area contributed by atoms with Gasteiger partial charge in [0.2, 0.25) is 15.9 Å². The molecule has 0 radical (unpaired) electrons. The molecule has 0 aliphatic carbocycles. The van der Waals surface area contributed by atoms with Crippen LogP contribution >= 0.6 is 0 Å². The van der Waals surface area contributed by atoms with E-state index in [-0.39, 0.29) is 11.9 Å². The van der Waals surface area contributed by atoms with Crippen molar-refractivity contribution >= 4 is 15.9 Å². The van der Waals surface area contributed by atoms with Crippen LogP contribution in [0, 0.1) is 12.8 Å². The fraction of sp³-hybridized carbons (Fsp3) is 0.588. The molecule has 0 spiro atoms. The Labute approximate surface area is 139 Å². The van der Waals surface area contributed by atoms with E-state index in [1.807, 2.05) is 26.8 Å². The third kappa shape index (κ3) is 4.78. The van der Waals surface area contributed by atoms with Crippen LogP contribution in [-0.4, -0.2) is 37.8 Å². The summed E-state index contributed by atoms with van der Waals surface area (Å²) in [6, 6.07) is 7.06. The molecule has 0 bridgehead atoms. The van der Waals surface area contributed by atoms with Crippen molar-refractivity contribution in [2.75, 3.05) is 13.1 Å². The molecule has 1 aromatic rings. The summed E-state index contributed by atoms with van der Waals surface area (Å²) in [6.07, 6.45) is 1.84. The maximum Gasteiger partial charge on any atom is 0.243 e. The molecule has 1 saturated heterocycles. The van der Waals surface area contributed by atoms with Gasteiger partial charge in [0.05, 0.1) is 4.90 Å². The highest BCUT2D eigenvalue weighted by Crippen LogP contribution is 2.21. The average Bonchev–Trinajstić information content (AvgIpc) is 2.47. The number of nitrogens with one attached hydrogen (secondary N) is 1. The first-order valence-corrected chi connectivity index (χ1v) is 9.59. The fourth-order valence-electron chi connectivity index (χ4n) is 2.82. The molecule has 1 heterocycles. The number of piperidine rings is 1. The zero-order valence-corrected chi connectivity index (χ0v) is 14.9. The van der Waals surface area contributed by atoms with E-state index in [2.05, 4.69) is 5.32 Å². The Kier molecular flexibility index (Phi) is 5.81. The van der Waals surface area contributed by atoms with E-state index in [1.165, 1.54) is 4.31 Å². The summed E-state index contributed by atoms with van der Waals surface area (Å²) in [6.45, 7) is 6.80. The number of carbonyl (C=O) groups is 1. The Morgan fingerprint density at radius 3 is 2.52 bits per heavy atom. The molecule has 1 aliphatic heterocycles. The molecular formula is C17H26N2O3S. The molecule has 1 fully saturated rings. The normalized spacial score (nSPS) is 17.4. The van der Waals surface area contributed by atoms with Gasteiger partial charge in [-0.05, 0) is 43.4 Å². The van der Waals surface area contributed by atoms with E-state index in [1.54, 1.807) is 18.2 Å². The van der Waals surface area contributed by atoms with E-state index in [9.17, 15) is 13.2 Å². The molecule has 2 rings (SSSR count). The molecule has 0 aromatic heterocycles. The van der Waals surface area contributed by atoms with Crippen molar-refractivity contribution in [2.45, 2.75) is 51.0 Å². The number of rotatable bonds is 5. The Morgan fingerprint density at radius 1 is 1.30 bits per heavy atom. The summed E-state index contributed by atoms with van der Waals surface area (Å²) in [7, 11) is -3.43. The summed E-state index contributed by atoms with van der Waals surface area (Å²) in [5.41, 5.74) is 0.932. The highest BCUT2D eigenvalue weighted by Gasteiger charge is 2.29. The molecule has 0 atom stereocenters. The van der Waals surface area contributed by atoms with Gasteiger partial charge in [0.25, 0.3) is 0 Å². The minimum atomic E-state index is -3.43. The fourth-order valence-corrected chi connectivity index (χ4v) is 4.40. The molecule has 128 valence electrons. The summed E-state index contributed by atoms with van der Waals surface area (Å²) < 4.78 is 26.8. The first-order chi connectivity index (χ1) is 10.8. The van der Waals surface area contributed by atoms with Crippen LogP contribution in [0.4, 0.5) is 0 Å². The number of benzene rings is 1. The Morgan fingerprint density at radius 2 is 1.96 bits per heavy atom. The van der Waals surface area contributed by atoms with E-state index in [0.29, 0.717) is 43.2 Å². The van der Waals surface area contributed by atoms with Crippen LogP contribution in [0.15, 0.2) is 29.2 Å². The van der Waals surface area contributed by atoms with Gasteiger partial charge in [-0.25, -0.2) is 8.42 Å². The number of amides is 1. The molecule has 0 unspecified atom stereocenters. The van der Waals surface area contributed by atoms with Crippen molar-refractivity contribution in [1.82, 2.24) is 9.62 Å². The topological polar surface area (TPSA) is 66.5 Å². The highest BCUT2D eigenvalue weighted by molar-refractivity contribution is 7.89. The first kappa shape index (κ1) is 17.9. The summed E-state index contributed by atoms with van der Waals surface area (Å²) in [4.78, 5) is 12.2. The van der Waals surface area contributed by atoms with Crippen LogP contribution < -0.4 is 5.32 Å². The van der Waals surface area contributed by atoms with Gasteiger partial charge in [-0.15, -0.1) is 0 Å². The maximum absolute atomic E-state index is 12.7. The minimum absolute atomic E-state index is 0.0555. The largest absolute Gasteiger partial charge is 0.353 e. The van der Waals surface area contributed by atoms with Gasteiger partial charge >= 0.3 is 0 Å². The van der Waals surface area contributed by atoms with Crippen LogP contribution in [0.25, 0.3) is 0 Å². The van der Waals surface area contributed by atoms with Crippen molar-refractivity contribution < 1.29 is 13.2 Å². The van der Waals surface area contributed by atoms with Crippen molar-refractivity contribution in [3.8, 4) is 0 Å². The lowest BCUT2D eigenvalue weighted by atomic mass is 10.1. The minimum Gasteiger partial charge on any atom is -0.353 e. The lowest BCUT2D eigenvalue weighted by Gasteiger charge is -2.31. The second-order valence-electron chi connectivity index (χ2n) is 6.66. The van der Waals surface area contributed by atoms with Crippen molar-refractivity contribution in [1.29, 1.82) is 0 Å². The Hall–Kier alpha value is -1.40. The lowest BCUT2D eigenvalue weighted by molar-refractivity contribution is -0.122. The Balaban J connectivity index is 1.95. The molecular weight excluding hydrogens is 312 g/mol. The van der Waals surface area contributed by atoms with Crippen molar-refractivity contribution in [2.24, 2.45) is 5.92 Å². The van der Waals surface area contributed by atoms with E-state index >= 15 is 0 Å². The van der Waals surface area contributed by atoms with Gasteiger partial charge in [-0.1, -0.05) is 26.0 Å². The number of sulfonamides is 1. The summed E-state index contributed by atoms with van der Waals surface area (Å²) >= 11 is 0. The number of nitrogens with zero attached hydrogens (tertiary/aromatic N) is 1. The number of hydrogen-bond acceptors (Lipinski definition) is 3. The van der Waals surface area contributed by atoms with Gasteiger partial charge in [0.15, 0.2) is 0 Å². The Bertz CT molecular complexity index is 648. The maximum atomic E-state index is 12.7. The van der Waals surface area contributed by atoms with E-state index in [0.717, 1.165) is 5.56 Å². The van der Waals surface area contributed by atoms with Crippen molar-refractivity contribution in [3.05, 3.63) is 29.8 Å². The SMILES string of the molecule is Cc1cccc(S(=O)(=O)N2CCC(NC(=O)CC(C)C)CC2)c1. The van der Waals surface area contributed by atoms with Crippen LogP contribution in [0.2, 0.25) is 0 Å². The molecule has 6 heteroatoms. The van der Waals surface area contributed by atoms with Crippen LogP contribution in [-0.2, 0) is 14.8 Å².